The van der Waals surface area contributed by atoms with Gasteiger partial charge in [0.15, 0.2) is 0 Å². The lowest BCUT2D eigenvalue weighted by atomic mass is 10.3. The van der Waals surface area contributed by atoms with Gasteiger partial charge in [0.1, 0.15) is 4.88 Å². The first-order chi connectivity index (χ1) is 14.4. The van der Waals surface area contributed by atoms with Crippen molar-refractivity contribution in [2.45, 2.75) is 4.90 Å². The number of piperazine rings is 1. The van der Waals surface area contributed by atoms with E-state index in [0.29, 0.717) is 4.88 Å². The number of carbonyl (C=O) groups excluding carboxylic acids is 1. The highest BCUT2D eigenvalue weighted by Gasteiger charge is 2.31. The minimum absolute atomic E-state index is 0.000951. The molecular weight excluding hydrogens is 428 g/mol. The monoisotopic (exact) mass is 446 g/mol. The number of amides is 1. The zero-order valence-corrected chi connectivity index (χ0v) is 17.4. The van der Waals surface area contributed by atoms with E-state index in [-0.39, 0.29) is 42.7 Å². The van der Waals surface area contributed by atoms with Gasteiger partial charge < -0.3 is 9.47 Å². The fourth-order valence-electron chi connectivity index (χ4n) is 3.33. The van der Waals surface area contributed by atoms with Gasteiger partial charge in [0, 0.05) is 50.7 Å². The van der Waals surface area contributed by atoms with E-state index in [4.69, 9.17) is 0 Å². The van der Waals surface area contributed by atoms with Crippen LogP contribution in [0.1, 0.15) is 9.67 Å². The summed E-state index contributed by atoms with van der Waals surface area (Å²) in [6.45, 7) is 0.868. The summed E-state index contributed by atoms with van der Waals surface area (Å²) < 4.78 is 28.8. The summed E-state index contributed by atoms with van der Waals surface area (Å²) in [6.07, 6.45) is 3.74. The van der Waals surface area contributed by atoms with Crippen LogP contribution >= 0.6 is 11.3 Å². The van der Waals surface area contributed by atoms with Crippen LogP contribution in [0, 0.1) is 10.1 Å². The summed E-state index contributed by atoms with van der Waals surface area (Å²) in [5.41, 5.74) is 0.634. The summed E-state index contributed by atoms with van der Waals surface area (Å²) in [5.74, 6) is -0.124. The van der Waals surface area contributed by atoms with E-state index in [1.54, 1.807) is 4.90 Å². The Balaban J connectivity index is 1.45. The van der Waals surface area contributed by atoms with Crippen LogP contribution in [0.2, 0.25) is 0 Å². The zero-order chi connectivity index (χ0) is 21.3. The molecule has 9 nitrogen and oxygen atoms in total. The van der Waals surface area contributed by atoms with Gasteiger partial charge in [0.25, 0.3) is 11.6 Å². The van der Waals surface area contributed by atoms with Gasteiger partial charge in [-0.15, -0.1) is 11.3 Å². The summed E-state index contributed by atoms with van der Waals surface area (Å²) >= 11 is 1.36. The molecule has 3 aromatic rings. The molecule has 0 unspecified atom stereocenters. The third-order valence-electron chi connectivity index (χ3n) is 4.93. The van der Waals surface area contributed by atoms with Crippen LogP contribution < -0.4 is 0 Å². The molecule has 0 bridgehead atoms. The van der Waals surface area contributed by atoms with Crippen LogP contribution in [-0.4, -0.2) is 59.2 Å². The number of hydrogen-bond acceptors (Lipinski definition) is 6. The largest absolute Gasteiger partial charge is 0.335 e. The van der Waals surface area contributed by atoms with Gasteiger partial charge in [0.05, 0.1) is 15.5 Å². The number of rotatable bonds is 5. The van der Waals surface area contributed by atoms with Crippen molar-refractivity contribution < 1.29 is 18.1 Å². The maximum absolute atomic E-state index is 13.0. The molecule has 0 N–H and O–H groups in total. The topological polar surface area (TPSA) is 106 Å². The molecule has 11 heteroatoms. The molecule has 0 spiro atoms. The van der Waals surface area contributed by atoms with Crippen molar-refractivity contribution in [3.8, 4) is 5.69 Å². The predicted octanol–water partition coefficient (Wildman–Crippen LogP) is 2.59. The van der Waals surface area contributed by atoms with E-state index < -0.39 is 14.9 Å². The van der Waals surface area contributed by atoms with Crippen molar-refractivity contribution in [3.05, 3.63) is 75.2 Å². The van der Waals surface area contributed by atoms with Crippen LogP contribution in [0.15, 0.2) is 65.1 Å². The van der Waals surface area contributed by atoms with Crippen LogP contribution in [-0.2, 0) is 10.0 Å². The second-order valence-electron chi connectivity index (χ2n) is 6.67. The zero-order valence-electron chi connectivity index (χ0n) is 15.7. The summed E-state index contributed by atoms with van der Waals surface area (Å²) in [6, 6.07) is 10.5. The number of nitro benzene ring substituents is 1. The predicted molar refractivity (Wildman–Crippen MR) is 111 cm³/mol. The SMILES string of the molecule is O=C(c1sccc1-n1cccc1)N1CCN(S(=O)(=O)c2ccc([N+](=O)[O-])cc2)CC1. The Labute approximate surface area is 177 Å². The quantitative estimate of drug-likeness (QED) is 0.442. The second kappa shape index (κ2) is 8.01. The molecule has 30 heavy (non-hydrogen) atoms. The first-order valence-electron chi connectivity index (χ1n) is 9.12. The Kier molecular flexibility index (Phi) is 5.41. The van der Waals surface area contributed by atoms with Gasteiger partial charge >= 0.3 is 0 Å². The molecule has 156 valence electrons. The van der Waals surface area contributed by atoms with Gasteiger partial charge in [-0.2, -0.15) is 4.31 Å². The molecule has 1 saturated heterocycles. The van der Waals surface area contributed by atoms with Crippen LogP contribution in [0.3, 0.4) is 0 Å². The van der Waals surface area contributed by atoms with Gasteiger partial charge in [-0.25, -0.2) is 8.42 Å². The Morgan fingerprint density at radius 3 is 2.23 bits per heavy atom. The van der Waals surface area contributed by atoms with E-state index >= 15 is 0 Å². The molecule has 4 rings (SSSR count). The van der Waals surface area contributed by atoms with E-state index in [9.17, 15) is 23.3 Å². The number of non-ortho nitro benzene ring substituents is 1. The lowest BCUT2D eigenvalue weighted by molar-refractivity contribution is -0.384. The van der Waals surface area contributed by atoms with Crippen molar-refractivity contribution in [3.63, 3.8) is 0 Å². The fourth-order valence-corrected chi connectivity index (χ4v) is 5.60. The summed E-state index contributed by atoms with van der Waals surface area (Å²) in [7, 11) is -3.78. The number of carbonyl (C=O) groups is 1. The number of nitro groups is 1. The van der Waals surface area contributed by atoms with Crippen molar-refractivity contribution in [2.24, 2.45) is 0 Å². The molecular formula is C19H18N4O5S2. The van der Waals surface area contributed by atoms with Gasteiger partial charge in [-0.3, -0.25) is 14.9 Å². The van der Waals surface area contributed by atoms with Crippen molar-refractivity contribution >= 4 is 33.0 Å². The van der Waals surface area contributed by atoms with Crippen molar-refractivity contribution in [1.82, 2.24) is 13.8 Å². The fraction of sp³-hybridized carbons (Fsp3) is 0.211. The van der Waals surface area contributed by atoms with E-state index in [0.717, 1.165) is 5.69 Å². The maximum Gasteiger partial charge on any atom is 0.269 e. The standard InChI is InChI=1S/C19H18N4O5S2/c24-19(18-17(7-14-29-18)20-8-1-2-9-20)21-10-12-22(13-11-21)30(27,28)16-5-3-15(4-6-16)23(25)26/h1-9,14H,10-13H2. The molecule has 1 fully saturated rings. The number of hydrogen-bond donors (Lipinski definition) is 0. The number of nitrogens with zero attached hydrogens (tertiary/aromatic N) is 4. The number of thiophene rings is 1. The lowest BCUT2D eigenvalue weighted by Gasteiger charge is -2.34. The maximum atomic E-state index is 13.0. The highest BCUT2D eigenvalue weighted by atomic mass is 32.2. The highest BCUT2D eigenvalue weighted by Crippen LogP contribution is 2.25. The molecule has 1 aromatic carbocycles. The number of sulfonamides is 1. The Hall–Kier alpha value is -3.02. The normalized spacial score (nSPS) is 15.3. The van der Waals surface area contributed by atoms with Crippen LogP contribution in [0.4, 0.5) is 5.69 Å². The van der Waals surface area contributed by atoms with Crippen LogP contribution in [0.5, 0.6) is 0 Å². The van der Waals surface area contributed by atoms with Gasteiger partial charge in [-0.05, 0) is 35.7 Å². The second-order valence-corrected chi connectivity index (χ2v) is 9.53. The number of aromatic nitrogens is 1. The number of benzene rings is 1. The molecule has 0 atom stereocenters. The van der Waals surface area contributed by atoms with E-state index in [1.165, 1.54) is 39.9 Å². The molecule has 0 saturated carbocycles. The lowest BCUT2D eigenvalue weighted by Crippen LogP contribution is -2.50. The molecule has 1 aliphatic heterocycles. The molecule has 3 heterocycles. The van der Waals surface area contributed by atoms with E-state index in [1.807, 2.05) is 40.5 Å². The molecule has 0 radical (unpaired) electrons. The average Bonchev–Trinajstić information content (AvgIpc) is 3.45. The van der Waals surface area contributed by atoms with Gasteiger partial charge in [0.2, 0.25) is 10.0 Å². The van der Waals surface area contributed by atoms with Crippen molar-refractivity contribution in [1.29, 1.82) is 0 Å². The highest BCUT2D eigenvalue weighted by molar-refractivity contribution is 7.89. The third-order valence-corrected chi connectivity index (χ3v) is 7.74. The first-order valence-corrected chi connectivity index (χ1v) is 11.4. The minimum Gasteiger partial charge on any atom is -0.335 e. The summed E-state index contributed by atoms with van der Waals surface area (Å²) in [4.78, 5) is 25.5. The average molecular weight is 447 g/mol. The minimum atomic E-state index is -3.78. The van der Waals surface area contributed by atoms with Crippen LogP contribution in [0.25, 0.3) is 5.69 Å². The smallest absolute Gasteiger partial charge is 0.269 e. The Morgan fingerprint density at radius 2 is 1.63 bits per heavy atom. The molecule has 1 amide bonds. The van der Waals surface area contributed by atoms with Crippen molar-refractivity contribution in [2.75, 3.05) is 26.2 Å². The Morgan fingerprint density at radius 1 is 1.00 bits per heavy atom. The molecule has 2 aromatic heterocycles. The Bertz CT molecular complexity index is 1160. The molecule has 1 aliphatic rings. The van der Waals surface area contributed by atoms with E-state index in [2.05, 4.69) is 0 Å². The molecule has 0 aliphatic carbocycles. The first kappa shape index (κ1) is 20.3. The summed E-state index contributed by atoms with van der Waals surface area (Å²) in [5, 5.41) is 12.6. The van der Waals surface area contributed by atoms with Gasteiger partial charge in [-0.1, -0.05) is 0 Å². The third kappa shape index (κ3) is 3.74.